The van der Waals surface area contributed by atoms with Crippen LogP contribution in [0.5, 0.6) is 0 Å². The van der Waals surface area contributed by atoms with E-state index >= 15 is 0 Å². The standard InChI is InChI=1S/C55H107NO7/c1-6-8-10-12-14-16-18-20-22-24-25-26-27-28-30-31-33-35-37-39-41-43-45-53(57)62-50-51(49-61-48-47-52(55(59)60)56(3,4)5)63-54(58)46-44-42-40-38-36-34-32-29-23-21-19-17-15-13-11-9-7-2/h51-52H,6-50H2,1-5H3/p+1. The Morgan fingerprint density at radius 2 is 0.698 bits per heavy atom. The molecular formula is C55H108NO7+. The molecule has 0 saturated heterocycles. The summed E-state index contributed by atoms with van der Waals surface area (Å²) < 4.78 is 17.4. The minimum atomic E-state index is -0.868. The van der Waals surface area contributed by atoms with Gasteiger partial charge in [-0.05, 0) is 12.8 Å². The van der Waals surface area contributed by atoms with Gasteiger partial charge in [0.2, 0.25) is 0 Å². The summed E-state index contributed by atoms with van der Waals surface area (Å²) in [5.41, 5.74) is 0. The summed E-state index contributed by atoms with van der Waals surface area (Å²) in [6, 6.07) is -0.609. The molecule has 63 heavy (non-hydrogen) atoms. The first-order chi connectivity index (χ1) is 30.6. The maximum absolute atomic E-state index is 12.8. The highest BCUT2D eigenvalue weighted by Gasteiger charge is 2.31. The smallest absolute Gasteiger partial charge is 0.362 e. The number of carboxylic acid groups (broad SMARTS) is 1. The van der Waals surface area contributed by atoms with E-state index < -0.39 is 18.1 Å². The number of carbonyl (C=O) groups is 3. The Labute approximate surface area is 391 Å². The molecule has 0 radical (unpaired) electrons. The molecule has 0 fully saturated rings. The molecule has 8 heteroatoms. The predicted octanol–water partition coefficient (Wildman–Crippen LogP) is 16.0. The minimum absolute atomic E-state index is 0.0410. The van der Waals surface area contributed by atoms with Crippen molar-refractivity contribution in [3.63, 3.8) is 0 Å². The first-order valence-corrected chi connectivity index (χ1v) is 27.6. The van der Waals surface area contributed by atoms with Crippen LogP contribution in [0.3, 0.4) is 0 Å². The fourth-order valence-electron chi connectivity index (χ4n) is 8.74. The lowest BCUT2D eigenvalue weighted by Crippen LogP contribution is -2.50. The topological polar surface area (TPSA) is 99.1 Å². The van der Waals surface area contributed by atoms with Gasteiger partial charge in [-0.15, -0.1) is 0 Å². The maximum atomic E-state index is 12.8. The summed E-state index contributed by atoms with van der Waals surface area (Å²) in [4.78, 5) is 37.2. The number of carboxylic acids is 1. The number of likely N-dealkylation sites (N-methyl/N-ethyl adjacent to an activating group) is 1. The number of hydrogen-bond donors (Lipinski definition) is 1. The van der Waals surface area contributed by atoms with Gasteiger partial charge in [-0.2, -0.15) is 0 Å². The SMILES string of the molecule is CCCCCCCCCCCCCCCCCCCCCCCCC(=O)OCC(COCCC(C(=O)O)[N+](C)(C)C)OC(=O)CCCCCCCCCCCCCCCCCCC. The van der Waals surface area contributed by atoms with Crippen LogP contribution >= 0.6 is 0 Å². The predicted molar refractivity (Wildman–Crippen MR) is 266 cm³/mol. The van der Waals surface area contributed by atoms with Crippen molar-refractivity contribution in [1.82, 2.24) is 0 Å². The normalized spacial score (nSPS) is 12.7. The van der Waals surface area contributed by atoms with Crippen LogP contribution in [0.4, 0.5) is 0 Å². The molecule has 0 aromatic rings. The van der Waals surface area contributed by atoms with Crippen molar-refractivity contribution in [3.05, 3.63) is 0 Å². The van der Waals surface area contributed by atoms with Crippen LogP contribution in [0.1, 0.15) is 284 Å². The van der Waals surface area contributed by atoms with Crippen LogP contribution < -0.4 is 0 Å². The second-order valence-electron chi connectivity index (χ2n) is 20.2. The van der Waals surface area contributed by atoms with E-state index in [2.05, 4.69) is 13.8 Å². The Kier molecular flexibility index (Phi) is 45.6. The van der Waals surface area contributed by atoms with Gasteiger partial charge in [-0.3, -0.25) is 9.59 Å². The zero-order chi connectivity index (χ0) is 46.3. The lowest BCUT2D eigenvalue weighted by atomic mass is 10.0. The molecule has 0 rings (SSSR count). The molecule has 0 aromatic heterocycles. The van der Waals surface area contributed by atoms with Crippen molar-refractivity contribution in [3.8, 4) is 0 Å². The van der Waals surface area contributed by atoms with Crippen LogP contribution in [0.25, 0.3) is 0 Å². The van der Waals surface area contributed by atoms with E-state index in [-0.39, 0.29) is 36.2 Å². The van der Waals surface area contributed by atoms with E-state index in [0.717, 1.165) is 38.5 Å². The van der Waals surface area contributed by atoms with E-state index in [0.29, 0.717) is 19.3 Å². The molecule has 0 aliphatic heterocycles. The number of rotatable bonds is 51. The summed E-state index contributed by atoms with van der Waals surface area (Å²) in [5, 5.41) is 9.66. The number of hydrogen-bond acceptors (Lipinski definition) is 6. The van der Waals surface area contributed by atoms with Crippen molar-refractivity contribution < 1.29 is 38.2 Å². The van der Waals surface area contributed by atoms with E-state index in [1.807, 2.05) is 21.1 Å². The first kappa shape index (κ1) is 61.3. The molecule has 0 spiro atoms. The number of carbonyl (C=O) groups excluding carboxylic acids is 2. The zero-order valence-corrected chi connectivity index (χ0v) is 42.8. The number of unbranched alkanes of at least 4 members (excludes halogenated alkanes) is 37. The van der Waals surface area contributed by atoms with Gasteiger partial charge in [-0.25, -0.2) is 4.79 Å². The second kappa shape index (κ2) is 46.8. The van der Waals surface area contributed by atoms with Crippen molar-refractivity contribution in [1.29, 1.82) is 0 Å². The van der Waals surface area contributed by atoms with Crippen molar-refractivity contribution in [2.45, 2.75) is 296 Å². The Morgan fingerprint density at radius 1 is 0.413 bits per heavy atom. The number of ether oxygens (including phenoxy) is 3. The fourth-order valence-corrected chi connectivity index (χ4v) is 8.74. The molecule has 1 N–H and O–H groups in total. The number of aliphatic carboxylic acids is 1. The third kappa shape index (κ3) is 45.3. The lowest BCUT2D eigenvalue weighted by Gasteiger charge is -2.31. The highest BCUT2D eigenvalue weighted by molar-refractivity contribution is 5.72. The molecule has 0 aliphatic rings. The van der Waals surface area contributed by atoms with Crippen molar-refractivity contribution in [2.24, 2.45) is 0 Å². The summed E-state index contributed by atoms with van der Waals surface area (Å²) in [6.45, 7) is 4.81. The average Bonchev–Trinajstić information content (AvgIpc) is 3.24. The number of esters is 2. The van der Waals surface area contributed by atoms with E-state index in [1.54, 1.807) is 0 Å². The molecule has 0 aliphatic carbocycles. The molecule has 0 aromatic carbocycles. The maximum Gasteiger partial charge on any atom is 0.362 e. The highest BCUT2D eigenvalue weighted by Crippen LogP contribution is 2.18. The monoisotopic (exact) mass is 895 g/mol. The van der Waals surface area contributed by atoms with Gasteiger partial charge in [0.1, 0.15) is 6.61 Å². The van der Waals surface area contributed by atoms with Gasteiger partial charge in [0.15, 0.2) is 12.1 Å². The van der Waals surface area contributed by atoms with Crippen LogP contribution in [0.15, 0.2) is 0 Å². The Morgan fingerprint density at radius 3 is 0.984 bits per heavy atom. The van der Waals surface area contributed by atoms with E-state index in [9.17, 15) is 19.5 Å². The zero-order valence-electron chi connectivity index (χ0n) is 42.8. The number of nitrogens with zero attached hydrogens (tertiary/aromatic N) is 1. The molecule has 0 saturated carbocycles. The first-order valence-electron chi connectivity index (χ1n) is 27.6. The molecular weight excluding hydrogens is 787 g/mol. The van der Waals surface area contributed by atoms with Crippen LogP contribution in [-0.2, 0) is 28.6 Å². The molecule has 0 heterocycles. The second-order valence-corrected chi connectivity index (χ2v) is 20.2. The summed E-state index contributed by atoms with van der Waals surface area (Å²) in [5.74, 6) is -1.43. The molecule has 2 atom stereocenters. The lowest BCUT2D eigenvalue weighted by molar-refractivity contribution is -0.887. The largest absolute Gasteiger partial charge is 0.477 e. The van der Waals surface area contributed by atoms with E-state index in [1.165, 1.54) is 212 Å². The molecule has 8 nitrogen and oxygen atoms in total. The van der Waals surface area contributed by atoms with Crippen LogP contribution in [0.2, 0.25) is 0 Å². The summed E-state index contributed by atoms with van der Waals surface area (Å²) in [7, 11) is 5.56. The van der Waals surface area contributed by atoms with Gasteiger partial charge in [0.25, 0.3) is 0 Å². The van der Waals surface area contributed by atoms with Gasteiger partial charge < -0.3 is 23.8 Å². The summed E-state index contributed by atoms with van der Waals surface area (Å²) in [6.07, 6.45) is 51.6. The quantitative estimate of drug-likeness (QED) is 0.0369. The fraction of sp³-hybridized carbons (Fsp3) is 0.945. The summed E-state index contributed by atoms with van der Waals surface area (Å²) >= 11 is 0. The Balaban J connectivity index is 4.12. The van der Waals surface area contributed by atoms with Crippen molar-refractivity contribution in [2.75, 3.05) is 41.0 Å². The third-order valence-corrected chi connectivity index (χ3v) is 13.0. The third-order valence-electron chi connectivity index (χ3n) is 13.0. The minimum Gasteiger partial charge on any atom is -0.477 e. The van der Waals surface area contributed by atoms with Gasteiger partial charge >= 0.3 is 17.9 Å². The molecule has 0 bridgehead atoms. The average molecular weight is 895 g/mol. The van der Waals surface area contributed by atoms with Crippen LogP contribution in [0, 0.1) is 0 Å². The van der Waals surface area contributed by atoms with Crippen molar-refractivity contribution >= 4 is 17.9 Å². The van der Waals surface area contributed by atoms with Gasteiger partial charge in [0.05, 0.1) is 34.4 Å². The molecule has 0 amide bonds. The van der Waals surface area contributed by atoms with Crippen LogP contribution in [-0.4, -0.2) is 80.6 Å². The highest BCUT2D eigenvalue weighted by atomic mass is 16.6. The molecule has 374 valence electrons. The molecule has 2 unspecified atom stereocenters. The Bertz CT molecular complexity index is 998. The number of quaternary nitrogens is 1. The van der Waals surface area contributed by atoms with Gasteiger partial charge in [0, 0.05) is 19.3 Å². The Hall–Kier alpha value is -1.67. The van der Waals surface area contributed by atoms with E-state index in [4.69, 9.17) is 14.2 Å². The van der Waals surface area contributed by atoms with Gasteiger partial charge in [-0.1, -0.05) is 251 Å².